The first-order chi connectivity index (χ1) is 7.70. The van der Waals surface area contributed by atoms with Gasteiger partial charge < -0.3 is 10.1 Å². The fraction of sp³-hybridized carbons (Fsp3) is 0.889. The fourth-order valence-corrected chi connectivity index (χ4v) is 1.57. The summed E-state index contributed by atoms with van der Waals surface area (Å²) in [6, 6.07) is 0. The van der Waals surface area contributed by atoms with Crippen molar-refractivity contribution in [2.75, 3.05) is 38.8 Å². The van der Waals surface area contributed by atoms with Gasteiger partial charge in [0.2, 0.25) is 5.96 Å². The molecule has 0 aliphatic rings. The van der Waals surface area contributed by atoms with Crippen LogP contribution in [0.25, 0.3) is 0 Å². The molecule has 0 bridgehead atoms. The normalized spacial score (nSPS) is 13.6. The Balaban J connectivity index is 3.62. The highest BCUT2D eigenvalue weighted by Crippen LogP contribution is 1.85. The maximum Gasteiger partial charge on any atom is 0.205 e. The highest BCUT2D eigenvalue weighted by atomic mass is 32.2. The lowest BCUT2D eigenvalue weighted by atomic mass is 10.4. The Morgan fingerprint density at radius 1 is 1.50 bits per heavy atom. The Morgan fingerprint density at radius 2 is 2.25 bits per heavy atom. The summed E-state index contributed by atoms with van der Waals surface area (Å²) >= 11 is 0. The van der Waals surface area contributed by atoms with Crippen LogP contribution in [0.4, 0.5) is 0 Å². The smallest absolute Gasteiger partial charge is 0.205 e. The molecule has 0 rings (SSSR count). The van der Waals surface area contributed by atoms with Crippen LogP contribution in [0.15, 0.2) is 4.99 Å². The van der Waals surface area contributed by atoms with E-state index in [0.29, 0.717) is 24.9 Å². The summed E-state index contributed by atoms with van der Waals surface area (Å²) in [4.78, 5) is 4.21. The molecule has 16 heavy (non-hydrogen) atoms. The van der Waals surface area contributed by atoms with Crippen LogP contribution in [-0.2, 0) is 15.5 Å². The van der Waals surface area contributed by atoms with Gasteiger partial charge in [0.25, 0.3) is 0 Å². The molecule has 0 heterocycles. The average molecular weight is 250 g/mol. The summed E-state index contributed by atoms with van der Waals surface area (Å²) in [6.07, 6.45) is 3.39. The van der Waals surface area contributed by atoms with Gasteiger partial charge in [-0.1, -0.05) is 0 Å². The molecule has 0 spiro atoms. The van der Waals surface area contributed by atoms with Crippen LogP contribution in [0.5, 0.6) is 0 Å². The highest BCUT2D eigenvalue weighted by Gasteiger charge is 1.95. The van der Waals surface area contributed by atoms with Crippen molar-refractivity contribution >= 4 is 16.8 Å². The van der Waals surface area contributed by atoms with E-state index in [1.54, 1.807) is 13.4 Å². The lowest BCUT2D eigenvalue weighted by Gasteiger charge is -2.08. The topological polar surface area (TPSA) is 88.7 Å². The molecule has 0 saturated heterocycles. The minimum absolute atomic E-state index is 0.568. The number of nitrogens with zero attached hydrogens (tertiary/aromatic N) is 1. The second-order valence-electron chi connectivity index (χ2n) is 3.28. The Bertz CT molecular complexity index is 224. The number of hydrazine groups is 1. The second kappa shape index (κ2) is 10.8. The first kappa shape index (κ1) is 15.3. The number of hydrogen-bond donors (Lipinski definition) is 3. The predicted octanol–water partition coefficient (Wildman–Crippen LogP) is -0.800. The van der Waals surface area contributed by atoms with E-state index in [1.165, 1.54) is 0 Å². The van der Waals surface area contributed by atoms with Crippen LogP contribution in [0, 0.1) is 0 Å². The molecule has 96 valence electrons. The van der Waals surface area contributed by atoms with Gasteiger partial charge >= 0.3 is 0 Å². The van der Waals surface area contributed by atoms with E-state index in [4.69, 9.17) is 10.6 Å². The Labute approximate surface area is 99.5 Å². The van der Waals surface area contributed by atoms with E-state index in [1.807, 2.05) is 0 Å². The molecule has 0 fully saturated rings. The summed E-state index contributed by atoms with van der Waals surface area (Å²) < 4.78 is 15.7. The number of methoxy groups -OCH3 is 1. The quantitative estimate of drug-likeness (QED) is 0.173. The van der Waals surface area contributed by atoms with Crippen molar-refractivity contribution in [3.63, 3.8) is 0 Å². The predicted molar refractivity (Wildman–Crippen MR) is 67.7 cm³/mol. The van der Waals surface area contributed by atoms with Crippen LogP contribution in [0.3, 0.4) is 0 Å². The molecule has 0 aliphatic carbocycles. The van der Waals surface area contributed by atoms with Crippen molar-refractivity contribution in [3.05, 3.63) is 0 Å². The van der Waals surface area contributed by atoms with Crippen molar-refractivity contribution in [3.8, 4) is 0 Å². The van der Waals surface area contributed by atoms with E-state index in [9.17, 15) is 4.21 Å². The SMILES string of the molecule is COCCCNC(=NCCCS(C)=O)NN. The van der Waals surface area contributed by atoms with Crippen molar-refractivity contribution in [2.24, 2.45) is 10.8 Å². The van der Waals surface area contributed by atoms with Crippen molar-refractivity contribution in [1.82, 2.24) is 10.7 Å². The van der Waals surface area contributed by atoms with Crippen LogP contribution in [0.2, 0.25) is 0 Å². The molecule has 0 aromatic heterocycles. The first-order valence-corrected chi connectivity index (χ1v) is 6.97. The molecule has 0 saturated carbocycles. The lowest BCUT2D eigenvalue weighted by molar-refractivity contribution is 0.195. The maximum atomic E-state index is 10.8. The molecular weight excluding hydrogens is 228 g/mol. The average Bonchev–Trinajstić information content (AvgIpc) is 2.26. The van der Waals surface area contributed by atoms with Gasteiger partial charge in [0.15, 0.2) is 0 Å². The number of hydrogen-bond acceptors (Lipinski definition) is 4. The van der Waals surface area contributed by atoms with Gasteiger partial charge in [0.1, 0.15) is 0 Å². The molecule has 1 unspecified atom stereocenters. The molecule has 0 amide bonds. The number of ether oxygens (including phenoxy) is 1. The molecular formula is C9H22N4O2S. The third kappa shape index (κ3) is 9.88. The zero-order valence-corrected chi connectivity index (χ0v) is 10.8. The Kier molecular flexibility index (Phi) is 10.4. The van der Waals surface area contributed by atoms with Gasteiger partial charge in [-0.3, -0.25) is 14.6 Å². The highest BCUT2D eigenvalue weighted by molar-refractivity contribution is 7.84. The van der Waals surface area contributed by atoms with Crippen LogP contribution >= 0.6 is 0 Å². The monoisotopic (exact) mass is 250 g/mol. The molecule has 1 atom stereocenters. The summed E-state index contributed by atoms with van der Waals surface area (Å²) in [5, 5.41) is 3.05. The van der Waals surface area contributed by atoms with Crippen molar-refractivity contribution < 1.29 is 8.95 Å². The Morgan fingerprint density at radius 3 is 2.81 bits per heavy atom. The molecule has 6 nitrogen and oxygen atoms in total. The van der Waals surface area contributed by atoms with E-state index in [2.05, 4.69) is 15.7 Å². The largest absolute Gasteiger partial charge is 0.385 e. The van der Waals surface area contributed by atoms with E-state index in [0.717, 1.165) is 19.4 Å². The number of aliphatic imine (C=N–C) groups is 1. The zero-order valence-electron chi connectivity index (χ0n) is 9.99. The van der Waals surface area contributed by atoms with E-state index >= 15 is 0 Å². The molecule has 7 heteroatoms. The van der Waals surface area contributed by atoms with Gasteiger partial charge in [-0.15, -0.1) is 0 Å². The molecule has 4 N–H and O–H groups in total. The third-order valence-electron chi connectivity index (χ3n) is 1.81. The minimum atomic E-state index is -0.748. The standard InChI is InChI=1S/C9H22N4O2S/c1-15-7-3-5-11-9(13-10)12-6-4-8-16(2)14/h3-8,10H2,1-2H3,(H2,11,12,13). The minimum Gasteiger partial charge on any atom is -0.385 e. The van der Waals surface area contributed by atoms with Gasteiger partial charge in [-0.2, -0.15) is 0 Å². The van der Waals surface area contributed by atoms with Gasteiger partial charge in [-0.25, -0.2) is 5.84 Å². The molecule has 0 aromatic rings. The van der Waals surface area contributed by atoms with Crippen LogP contribution < -0.4 is 16.6 Å². The maximum absolute atomic E-state index is 10.8. The number of nitrogens with two attached hydrogens (primary N) is 1. The van der Waals surface area contributed by atoms with Crippen molar-refractivity contribution in [2.45, 2.75) is 12.8 Å². The summed E-state index contributed by atoms with van der Waals surface area (Å²) in [7, 11) is 0.920. The van der Waals surface area contributed by atoms with Gasteiger partial charge in [0.05, 0.1) is 0 Å². The number of guanidine groups is 1. The molecule has 0 aromatic carbocycles. The second-order valence-corrected chi connectivity index (χ2v) is 4.83. The lowest BCUT2D eigenvalue weighted by Crippen LogP contribution is -2.42. The fourth-order valence-electron chi connectivity index (χ4n) is 1.03. The van der Waals surface area contributed by atoms with Crippen molar-refractivity contribution in [1.29, 1.82) is 0 Å². The van der Waals surface area contributed by atoms with Gasteiger partial charge in [0, 0.05) is 49.6 Å². The molecule has 0 radical (unpaired) electrons. The zero-order chi connectivity index (χ0) is 12.2. The van der Waals surface area contributed by atoms with Crippen LogP contribution in [0.1, 0.15) is 12.8 Å². The van der Waals surface area contributed by atoms with Gasteiger partial charge in [-0.05, 0) is 12.8 Å². The summed E-state index contributed by atoms with van der Waals surface area (Å²) in [5.41, 5.74) is 2.49. The summed E-state index contributed by atoms with van der Waals surface area (Å²) in [5.74, 6) is 6.53. The number of nitrogens with one attached hydrogen (secondary N) is 2. The molecule has 0 aliphatic heterocycles. The first-order valence-electron chi connectivity index (χ1n) is 5.24. The third-order valence-corrected chi connectivity index (χ3v) is 2.68. The van der Waals surface area contributed by atoms with Crippen LogP contribution in [-0.4, -0.2) is 49.0 Å². The number of rotatable bonds is 8. The van der Waals surface area contributed by atoms with E-state index in [-0.39, 0.29) is 0 Å². The summed E-state index contributed by atoms with van der Waals surface area (Å²) in [6.45, 7) is 2.09. The Hall–Kier alpha value is -0.660. The van der Waals surface area contributed by atoms with E-state index < -0.39 is 10.8 Å².